The summed E-state index contributed by atoms with van der Waals surface area (Å²) < 4.78 is 7.76. The molecule has 2 aliphatic rings. The van der Waals surface area contributed by atoms with Gasteiger partial charge < -0.3 is 14.2 Å². The molecule has 3 heterocycles. The Bertz CT molecular complexity index is 1350. The fourth-order valence-electron chi connectivity index (χ4n) is 4.92. The van der Waals surface area contributed by atoms with Crippen LogP contribution in [0.3, 0.4) is 0 Å². The first kappa shape index (κ1) is 24.6. The number of aromatic nitrogens is 1. The van der Waals surface area contributed by atoms with E-state index in [9.17, 15) is 9.59 Å². The van der Waals surface area contributed by atoms with Crippen molar-refractivity contribution >= 4 is 57.1 Å². The number of carbonyl (C=O) groups is 2. The molecule has 0 aliphatic carbocycles. The first-order valence-electron chi connectivity index (χ1n) is 12.2. The predicted octanol–water partition coefficient (Wildman–Crippen LogP) is 5.45. The van der Waals surface area contributed by atoms with Crippen LogP contribution in [0.2, 0.25) is 0 Å². The molecule has 2 amide bonds. The van der Waals surface area contributed by atoms with Crippen molar-refractivity contribution in [2.24, 2.45) is 0 Å². The third-order valence-electron chi connectivity index (χ3n) is 6.91. The Hall–Kier alpha value is -3.10. The molecule has 0 spiro atoms. The number of likely N-dealkylation sites (tertiary alicyclic amines) is 1. The van der Waals surface area contributed by atoms with Gasteiger partial charge >= 0.3 is 0 Å². The maximum Gasteiger partial charge on any atom is 0.266 e. The normalized spacial score (nSPS) is 19.5. The van der Waals surface area contributed by atoms with Crippen molar-refractivity contribution < 1.29 is 14.3 Å². The van der Waals surface area contributed by atoms with E-state index >= 15 is 0 Å². The van der Waals surface area contributed by atoms with Crippen molar-refractivity contribution in [3.05, 3.63) is 70.8 Å². The van der Waals surface area contributed by atoms with Crippen LogP contribution in [0, 0.1) is 0 Å². The minimum atomic E-state index is -0.101. The van der Waals surface area contributed by atoms with Crippen molar-refractivity contribution in [2.45, 2.75) is 45.3 Å². The van der Waals surface area contributed by atoms with E-state index in [0.717, 1.165) is 47.2 Å². The molecule has 1 aromatic heterocycles. The topological polar surface area (TPSA) is 54.8 Å². The quantitative estimate of drug-likeness (QED) is 0.320. The molecule has 8 heteroatoms. The van der Waals surface area contributed by atoms with E-state index in [2.05, 4.69) is 6.92 Å². The Morgan fingerprint density at radius 2 is 1.94 bits per heavy atom. The summed E-state index contributed by atoms with van der Waals surface area (Å²) in [5, 5.41) is 1.01. The second-order valence-electron chi connectivity index (χ2n) is 9.28. The monoisotopic (exact) mass is 519 g/mol. The van der Waals surface area contributed by atoms with Crippen molar-refractivity contribution in [3.63, 3.8) is 0 Å². The van der Waals surface area contributed by atoms with E-state index in [1.54, 1.807) is 12.0 Å². The Kier molecular flexibility index (Phi) is 7.16. The number of methoxy groups -OCH3 is 1. The highest BCUT2D eigenvalue weighted by molar-refractivity contribution is 8.26. The zero-order chi connectivity index (χ0) is 25.2. The summed E-state index contributed by atoms with van der Waals surface area (Å²) in [6.07, 6.45) is 7.18. The molecule has 3 aromatic rings. The third-order valence-corrected chi connectivity index (χ3v) is 8.29. The van der Waals surface area contributed by atoms with Crippen LogP contribution >= 0.6 is 24.0 Å². The number of fused-ring (bicyclic) bond motifs is 1. The summed E-state index contributed by atoms with van der Waals surface area (Å²) in [6.45, 7) is 3.65. The molecule has 186 valence electrons. The average molecular weight is 520 g/mol. The molecule has 0 radical (unpaired) electrons. The van der Waals surface area contributed by atoms with Gasteiger partial charge in [0.05, 0.1) is 18.6 Å². The summed E-state index contributed by atoms with van der Waals surface area (Å²) in [7, 11) is 1.63. The highest BCUT2D eigenvalue weighted by atomic mass is 32.2. The first-order chi connectivity index (χ1) is 17.4. The lowest BCUT2D eigenvalue weighted by molar-refractivity contribution is -0.135. The average Bonchev–Trinajstić information content (AvgIpc) is 3.36. The molecule has 6 nitrogen and oxygen atoms in total. The predicted molar refractivity (Wildman–Crippen MR) is 149 cm³/mol. The molecular weight excluding hydrogens is 490 g/mol. The number of hydrogen-bond acceptors (Lipinski definition) is 5. The Balaban J connectivity index is 1.39. The van der Waals surface area contributed by atoms with Gasteiger partial charge in [-0.1, -0.05) is 54.3 Å². The number of hydrogen-bond donors (Lipinski definition) is 0. The van der Waals surface area contributed by atoms with E-state index in [1.807, 2.05) is 70.3 Å². The molecule has 0 saturated carbocycles. The summed E-state index contributed by atoms with van der Waals surface area (Å²) in [4.78, 5) is 30.6. The van der Waals surface area contributed by atoms with E-state index < -0.39 is 0 Å². The Labute approximate surface area is 220 Å². The van der Waals surface area contributed by atoms with Gasteiger partial charge in [-0.3, -0.25) is 14.5 Å². The van der Waals surface area contributed by atoms with E-state index in [0.29, 0.717) is 15.8 Å². The lowest BCUT2D eigenvalue weighted by Crippen LogP contribution is -2.43. The maximum absolute atomic E-state index is 13.3. The molecule has 2 aromatic carbocycles. The molecule has 1 atom stereocenters. The minimum Gasteiger partial charge on any atom is -0.497 e. The molecule has 2 fully saturated rings. The van der Waals surface area contributed by atoms with Crippen molar-refractivity contribution in [2.75, 3.05) is 13.7 Å². The van der Waals surface area contributed by atoms with Crippen LogP contribution in [0.4, 0.5) is 0 Å². The van der Waals surface area contributed by atoms with Gasteiger partial charge in [-0.15, -0.1) is 0 Å². The number of ether oxygens (including phenoxy) is 1. The summed E-state index contributed by atoms with van der Waals surface area (Å²) in [5.41, 5.74) is 2.88. The Morgan fingerprint density at radius 3 is 2.69 bits per heavy atom. The molecule has 0 N–H and O–H groups in total. The number of nitrogens with zero attached hydrogens (tertiary/aromatic N) is 3. The van der Waals surface area contributed by atoms with Crippen molar-refractivity contribution in [3.8, 4) is 5.75 Å². The molecule has 5 rings (SSSR count). The number of rotatable bonds is 6. The second-order valence-corrected chi connectivity index (χ2v) is 11.0. The van der Waals surface area contributed by atoms with E-state index in [-0.39, 0.29) is 24.4 Å². The highest BCUT2D eigenvalue weighted by Gasteiger charge is 2.32. The summed E-state index contributed by atoms with van der Waals surface area (Å²) in [5.74, 6) is 0.810. The molecule has 2 saturated heterocycles. The standard InChI is InChI=1S/C28H29N3O3S2/c1-19-7-5-6-14-30(19)26(32)18-29-17-21(23-8-3-4-9-24(23)29)15-25-27(33)31(28(35)36-25)16-20-10-12-22(34-2)13-11-20/h3-4,8-13,15,17,19H,5-7,14,16,18H2,1-2H3/b25-15-/t19-/m1/s1. The van der Waals surface area contributed by atoms with Crippen molar-refractivity contribution in [1.29, 1.82) is 0 Å². The fourth-order valence-corrected chi connectivity index (χ4v) is 6.16. The van der Waals surface area contributed by atoms with Gasteiger partial charge in [0.2, 0.25) is 5.91 Å². The number of amides is 2. The van der Waals surface area contributed by atoms with Crippen LogP contribution in [0.1, 0.15) is 37.3 Å². The van der Waals surface area contributed by atoms with Gasteiger partial charge in [0.25, 0.3) is 5.91 Å². The van der Waals surface area contributed by atoms with Gasteiger partial charge in [-0.2, -0.15) is 0 Å². The van der Waals surface area contributed by atoms with Crippen molar-refractivity contribution in [1.82, 2.24) is 14.4 Å². The van der Waals surface area contributed by atoms with Crippen LogP contribution in [0.5, 0.6) is 5.75 Å². The fraction of sp³-hybridized carbons (Fsp3) is 0.321. The minimum absolute atomic E-state index is 0.101. The number of benzene rings is 2. The molecule has 0 unspecified atom stereocenters. The van der Waals surface area contributed by atoms with Crippen LogP contribution < -0.4 is 4.74 Å². The number of piperidine rings is 1. The van der Waals surface area contributed by atoms with Crippen LogP contribution in [-0.4, -0.2) is 50.2 Å². The lowest BCUT2D eigenvalue weighted by Gasteiger charge is -2.33. The van der Waals surface area contributed by atoms with Crippen LogP contribution in [0.15, 0.2) is 59.6 Å². The second kappa shape index (κ2) is 10.5. The lowest BCUT2D eigenvalue weighted by atomic mass is 10.0. The molecule has 36 heavy (non-hydrogen) atoms. The van der Waals surface area contributed by atoms with E-state index in [1.165, 1.54) is 18.2 Å². The van der Waals surface area contributed by atoms with Crippen LogP contribution in [0.25, 0.3) is 17.0 Å². The molecule has 0 bridgehead atoms. The summed E-state index contributed by atoms with van der Waals surface area (Å²) in [6, 6.07) is 15.9. The van der Waals surface area contributed by atoms with E-state index in [4.69, 9.17) is 17.0 Å². The smallest absolute Gasteiger partial charge is 0.266 e. The van der Waals surface area contributed by atoms with Crippen LogP contribution in [-0.2, 0) is 22.7 Å². The number of thiocarbonyl (C=S) groups is 1. The summed E-state index contributed by atoms with van der Waals surface area (Å²) >= 11 is 6.87. The largest absolute Gasteiger partial charge is 0.497 e. The zero-order valence-electron chi connectivity index (χ0n) is 20.5. The SMILES string of the molecule is COc1ccc(CN2C(=O)/C(=C/c3cn(CC(=O)N4CCCC[C@H]4C)c4ccccc34)SC2=S)cc1. The third kappa shape index (κ3) is 4.92. The van der Waals surface area contributed by atoms with Gasteiger partial charge in [0.1, 0.15) is 16.6 Å². The van der Waals surface area contributed by atoms with Gasteiger partial charge in [0.15, 0.2) is 0 Å². The number of carbonyl (C=O) groups excluding carboxylic acids is 2. The van der Waals surface area contributed by atoms with Gasteiger partial charge in [-0.05, 0) is 56.0 Å². The van der Waals surface area contributed by atoms with Gasteiger partial charge in [-0.25, -0.2) is 0 Å². The first-order valence-corrected chi connectivity index (χ1v) is 13.4. The van der Waals surface area contributed by atoms with Gasteiger partial charge in [0, 0.05) is 35.2 Å². The molecule has 2 aliphatic heterocycles. The number of para-hydroxylation sites is 1. The number of thioether (sulfide) groups is 1. The highest BCUT2D eigenvalue weighted by Crippen LogP contribution is 2.35. The zero-order valence-corrected chi connectivity index (χ0v) is 22.1. The molecular formula is C28H29N3O3S2. The Morgan fingerprint density at radius 1 is 1.17 bits per heavy atom. The maximum atomic E-state index is 13.3.